The van der Waals surface area contributed by atoms with Crippen molar-refractivity contribution in [2.24, 2.45) is 0 Å². The van der Waals surface area contributed by atoms with Crippen LogP contribution < -0.4 is 5.48 Å². The molecule has 0 radical (unpaired) electrons. The quantitative estimate of drug-likeness (QED) is 0.552. The first-order valence-electron chi connectivity index (χ1n) is 3.43. The molecule has 1 rings (SSSR count). The number of benzene rings is 1. The minimum atomic E-state index is 0.124. The summed E-state index contributed by atoms with van der Waals surface area (Å²) in [7, 11) is 1.47. The number of aryl methyl sites for hydroxylation is 1. The summed E-state index contributed by atoms with van der Waals surface area (Å²) in [6.07, 6.45) is 0. The number of anilines is 1. The zero-order chi connectivity index (χ0) is 9.14. The van der Waals surface area contributed by atoms with Gasteiger partial charge in [-0.25, -0.2) is 0 Å². The molecule has 0 saturated heterocycles. The zero-order valence-electron chi connectivity index (χ0n) is 6.89. The largest absolute Gasteiger partial charge is 0.506 e. The topological polar surface area (TPSA) is 41.5 Å². The highest BCUT2D eigenvalue weighted by Gasteiger charge is 2.03. The molecule has 0 atom stereocenters. The Labute approximate surface area is 75.9 Å². The van der Waals surface area contributed by atoms with Crippen molar-refractivity contribution in [3.05, 3.63) is 22.7 Å². The predicted molar refractivity (Wildman–Crippen MR) is 48.5 cm³/mol. The molecule has 0 aliphatic carbocycles. The molecular formula is C8H10ClNO2. The Morgan fingerprint density at radius 2 is 2.17 bits per heavy atom. The van der Waals surface area contributed by atoms with Crippen molar-refractivity contribution >= 4 is 17.3 Å². The first-order chi connectivity index (χ1) is 5.65. The van der Waals surface area contributed by atoms with E-state index in [-0.39, 0.29) is 5.75 Å². The van der Waals surface area contributed by atoms with E-state index >= 15 is 0 Å². The summed E-state index contributed by atoms with van der Waals surface area (Å²) in [4.78, 5) is 4.63. The van der Waals surface area contributed by atoms with Gasteiger partial charge < -0.3 is 5.11 Å². The molecule has 0 unspecified atom stereocenters. The molecule has 0 heterocycles. The van der Waals surface area contributed by atoms with Crippen LogP contribution in [0, 0.1) is 6.92 Å². The fourth-order valence-electron chi connectivity index (χ4n) is 0.858. The molecule has 0 bridgehead atoms. The van der Waals surface area contributed by atoms with Gasteiger partial charge in [0.2, 0.25) is 0 Å². The third kappa shape index (κ3) is 1.81. The molecule has 1 aromatic carbocycles. The Kier molecular flexibility index (Phi) is 2.78. The van der Waals surface area contributed by atoms with E-state index in [1.165, 1.54) is 7.11 Å². The number of phenols is 1. The Hall–Kier alpha value is -0.930. The molecule has 3 nitrogen and oxygen atoms in total. The molecule has 1 aromatic rings. The highest BCUT2D eigenvalue weighted by atomic mass is 35.5. The number of halogens is 1. The highest BCUT2D eigenvalue weighted by Crippen LogP contribution is 2.29. The third-order valence-electron chi connectivity index (χ3n) is 1.49. The maximum Gasteiger partial charge on any atom is 0.141 e. The number of hydrogen-bond acceptors (Lipinski definition) is 3. The molecule has 66 valence electrons. The van der Waals surface area contributed by atoms with Crippen LogP contribution >= 0.6 is 11.6 Å². The second-order valence-corrected chi connectivity index (χ2v) is 2.83. The zero-order valence-corrected chi connectivity index (χ0v) is 7.64. The van der Waals surface area contributed by atoms with Crippen LogP contribution in [0.25, 0.3) is 0 Å². The van der Waals surface area contributed by atoms with Crippen LogP contribution in [0.1, 0.15) is 5.56 Å². The van der Waals surface area contributed by atoms with Gasteiger partial charge in [-0.05, 0) is 24.6 Å². The lowest BCUT2D eigenvalue weighted by molar-refractivity contribution is 0.268. The molecule has 0 aliphatic rings. The van der Waals surface area contributed by atoms with Crippen LogP contribution in [0.3, 0.4) is 0 Å². The molecule has 12 heavy (non-hydrogen) atoms. The number of hydrogen-bond donors (Lipinski definition) is 2. The summed E-state index contributed by atoms with van der Waals surface area (Å²) in [5, 5.41) is 9.94. The second kappa shape index (κ2) is 3.65. The van der Waals surface area contributed by atoms with Crippen LogP contribution in [0.2, 0.25) is 5.02 Å². The van der Waals surface area contributed by atoms with E-state index in [0.29, 0.717) is 10.7 Å². The summed E-state index contributed by atoms with van der Waals surface area (Å²) < 4.78 is 0. The van der Waals surface area contributed by atoms with E-state index in [1.54, 1.807) is 12.1 Å². The van der Waals surface area contributed by atoms with Gasteiger partial charge in [0.25, 0.3) is 0 Å². The number of rotatable bonds is 2. The number of aromatic hydroxyl groups is 1. The van der Waals surface area contributed by atoms with E-state index in [9.17, 15) is 5.11 Å². The van der Waals surface area contributed by atoms with Crippen molar-refractivity contribution in [1.82, 2.24) is 0 Å². The second-order valence-electron chi connectivity index (χ2n) is 2.42. The van der Waals surface area contributed by atoms with Gasteiger partial charge in [-0.15, -0.1) is 0 Å². The van der Waals surface area contributed by atoms with Crippen molar-refractivity contribution < 1.29 is 9.94 Å². The standard InChI is InChI=1S/C8H10ClNO2/c1-5-3-8(11)7(10-12-2)4-6(5)9/h3-4,10-11H,1-2H3. The van der Waals surface area contributed by atoms with Gasteiger partial charge in [-0.3, -0.25) is 10.3 Å². The van der Waals surface area contributed by atoms with Crippen molar-refractivity contribution in [2.45, 2.75) is 6.92 Å². The van der Waals surface area contributed by atoms with Gasteiger partial charge in [0.1, 0.15) is 11.4 Å². The summed E-state index contributed by atoms with van der Waals surface area (Å²) in [5.41, 5.74) is 3.80. The number of nitrogens with one attached hydrogen (secondary N) is 1. The molecule has 0 saturated carbocycles. The number of phenolic OH excluding ortho intramolecular Hbond substituents is 1. The summed E-state index contributed by atoms with van der Waals surface area (Å²) >= 11 is 5.81. The molecule has 0 amide bonds. The molecule has 0 aliphatic heterocycles. The van der Waals surface area contributed by atoms with E-state index in [2.05, 4.69) is 10.3 Å². The molecule has 0 aromatic heterocycles. The first kappa shape index (κ1) is 9.16. The Balaban J connectivity index is 3.05. The fraction of sp³-hybridized carbons (Fsp3) is 0.250. The Bertz CT molecular complexity index is 289. The van der Waals surface area contributed by atoms with Crippen molar-refractivity contribution in [3.8, 4) is 5.75 Å². The first-order valence-corrected chi connectivity index (χ1v) is 3.81. The van der Waals surface area contributed by atoms with Gasteiger partial charge in [0.05, 0.1) is 7.11 Å². The van der Waals surface area contributed by atoms with Gasteiger partial charge in [-0.2, -0.15) is 0 Å². The lowest BCUT2D eigenvalue weighted by Gasteiger charge is -2.07. The summed E-state index contributed by atoms with van der Waals surface area (Å²) in [6, 6.07) is 3.18. The normalized spacial score (nSPS) is 9.92. The Morgan fingerprint density at radius 3 is 2.75 bits per heavy atom. The average Bonchev–Trinajstić information content (AvgIpc) is 2.01. The fourth-order valence-corrected chi connectivity index (χ4v) is 1.02. The molecular weight excluding hydrogens is 178 g/mol. The van der Waals surface area contributed by atoms with E-state index in [4.69, 9.17) is 11.6 Å². The van der Waals surface area contributed by atoms with Crippen molar-refractivity contribution in [1.29, 1.82) is 0 Å². The third-order valence-corrected chi connectivity index (χ3v) is 1.90. The monoisotopic (exact) mass is 187 g/mol. The lowest BCUT2D eigenvalue weighted by Crippen LogP contribution is -1.96. The van der Waals surface area contributed by atoms with Gasteiger partial charge in [0.15, 0.2) is 0 Å². The molecule has 0 spiro atoms. The Morgan fingerprint density at radius 1 is 1.50 bits per heavy atom. The van der Waals surface area contributed by atoms with Crippen molar-refractivity contribution in [2.75, 3.05) is 12.6 Å². The minimum absolute atomic E-state index is 0.124. The SMILES string of the molecule is CONc1cc(Cl)c(C)cc1O. The summed E-state index contributed by atoms with van der Waals surface area (Å²) in [6.45, 7) is 1.82. The smallest absolute Gasteiger partial charge is 0.141 e. The van der Waals surface area contributed by atoms with E-state index in [1.807, 2.05) is 6.92 Å². The van der Waals surface area contributed by atoms with Crippen LogP contribution in [0.15, 0.2) is 12.1 Å². The maximum absolute atomic E-state index is 9.35. The van der Waals surface area contributed by atoms with Crippen LogP contribution in [0.5, 0.6) is 5.75 Å². The lowest BCUT2D eigenvalue weighted by atomic mass is 10.2. The summed E-state index contributed by atoms with van der Waals surface area (Å²) in [5.74, 6) is 0.124. The maximum atomic E-state index is 9.35. The van der Waals surface area contributed by atoms with Crippen LogP contribution in [-0.4, -0.2) is 12.2 Å². The van der Waals surface area contributed by atoms with Crippen molar-refractivity contribution in [3.63, 3.8) is 0 Å². The molecule has 0 fully saturated rings. The highest BCUT2D eigenvalue weighted by molar-refractivity contribution is 6.31. The predicted octanol–water partition coefficient (Wildman–Crippen LogP) is 2.33. The van der Waals surface area contributed by atoms with E-state index < -0.39 is 0 Å². The van der Waals surface area contributed by atoms with Gasteiger partial charge >= 0.3 is 0 Å². The molecule has 4 heteroatoms. The van der Waals surface area contributed by atoms with E-state index in [0.717, 1.165) is 5.56 Å². The van der Waals surface area contributed by atoms with Gasteiger partial charge in [0, 0.05) is 5.02 Å². The van der Waals surface area contributed by atoms with Crippen LogP contribution in [-0.2, 0) is 4.84 Å². The van der Waals surface area contributed by atoms with Gasteiger partial charge in [-0.1, -0.05) is 11.6 Å². The minimum Gasteiger partial charge on any atom is -0.506 e. The molecule has 2 N–H and O–H groups in total. The average molecular weight is 188 g/mol. The van der Waals surface area contributed by atoms with Crippen LogP contribution in [0.4, 0.5) is 5.69 Å².